The van der Waals surface area contributed by atoms with Crippen molar-refractivity contribution >= 4 is 0 Å². The van der Waals surface area contributed by atoms with Gasteiger partial charge in [0.25, 0.3) is 0 Å². The molecule has 0 aromatic heterocycles. The number of methoxy groups -OCH3 is 1. The fourth-order valence-electron chi connectivity index (χ4n) is 2.29. The van der Waals surface area contributed by atoms with Crippen molar-refractivity contribution in [3.63, 3.8) is 0 Å². The van der Waals surface area contributed by atoms with Crippen LogP contribution in [0.5, 0.6) is 0 Å². The topological polar surface area (TPSA) is 71.0 Å². The summed E-state index contributed by atoms with van der Waals surface area (Å²) >= 11 is 0. The number of aliphatic hydroxyl groups excluding tert-OH is 2. The molecule has 0 spiro atoms. The van der Waals surface area contributed by atoms with Gasteiger partial charge in [-0.1, -0.05) is 0 Å². The lowest BCUT2D eigenvalue weighted by molar-refractivity contribution is -0.228. The second-order valence-corrected chi connectivity index (χ2v) is 3.97. The van der Waals surface area contributed by atoms with E-state index < -0.39 is 0 Å². The maximum atomic E-state index is 9.61. The van der Waals surface area contributed by atoms with Crippen LogP contribution in [0.4, 0.5) is 0 Å². The van der Waals surface area contributed by atoms with Crippen molar-refractivity contribution in [3.05, 3.63) is 0 Å². The molecule has 0 saturated carbocycles. The molecule has 2 rings (SSSR count). The Morgan fingerprint density at radius 3 is 2.79 bits per heavy atom. The Bertz CT molecular complexity index is 183. The van der Waals surface area contributed by atoms with Gasteiger partial charge in [0.05, 0.1) is 24.9 Å². The zero-order chi connectivity index (χ0) is 10.1. The smallest absolute Gasteiger partial charge is 0.173 e. The number of ether oxygens (including phenoxy) is 2. The van der Waals surface area contributed by atoms with Gasteiger partial charge in [0.2, 0.25) is 0 Å². The molecule has 2 heterocycles. The van der Waals surface area contributed by atoms with Crippen LogP contribution in [0.3, 0.4) is 0 Å². The fourth-order valence-corrected chi connectivity index (χ4v) is 2.29. The molecule has 2 fully saturated rings. The van der Waals surface area contributed by atoms with E-state index >= 15 is 0 Å². The first-order valence-electron chi connectivity index (χ1n) is 4.98. The van der Waals surface area contributed by atoms with Crippen LogP contribution in [0.25, 0.3) is 0 Å². The highest BCUT2D eigenvalue weighted by Gasteiger charge is 2.42. The van der Waals surface area contributed by atoms with Gasteiger partial charge < -0.3 is 25.0 Å². The van der Waals surface area contributed by atoms with Crippen LogP contribution in [0, 0.1) is 0 Å². The molecule has 5 nitrogen and oxygen atoms in total. The standard InChI is InChI=1S/C9H17NO4/c1-13-9-7-3-5(12)2-6(10-7)8(4-11)14-9/h5-12H,2-4H2,1H3/t5-,6-,7+,8-,9-/m1/s1. The lowest BCUT2D eigenvalue weighted by atomic mass is 9.90. The number of aliphatic hydroxyl groups is 2. The zero-order valence-electron chi connectivity index (χ0n) is 8.22. The first kappa shape index (κ1) is 10.3. The number of fused-ring (bicyclic) bond motifs is 2. The van der Waals surface area contributed by atoms with Gasteiger partial charge in [0.15, 0.2) is 6.29 Å². The summed E-state index contributed by atoms with van der Waals surface area (Å²) in [6, 6.07) is 0.0803. The average molecular weight is 203 g/mol. The molecule has 5 atom stereocenters. The van der Waals surface area contributed by atoms with Crippen molar-refractivity contribution < 1.29 is 19.7 Å². The number of hydrogen-bond donors (Lipinski definition) is 3. The van der Waals surface area contributed by atoms with Gasteiger partial charge in [0.1, 0.15) is 0 Å². The van der Waals surface area contributed by atoms with Gasteiger partial charge in [-0.3, -0.25) is 0 Å². The van der Waals surface area contributed by atoms with Crippen molar-refractivity contribution in [2.45, 2.75) is 43.4 Å². The van der Waals surface area contributed by atoms with Gasteiger partial charge in [-0.2, -0.15) is 0 Å². The van der Waals surface area contributed by atoms with Gasteiger partial charge in [-0.25, -0.2) is 0 Å². The third kappa shape index (κ3) is 1.78. The summed E-state index contributed by atoms with van der Waals surface area (Å²) < 4.78 is 10.7. The molecule has 5 heteroatoms. The molecule has 2 bridgehead atoms. The van der Waals surface area contributed by atoms with Crippen LogP contribution in [-0.2, 0) is 9.47 Å². The number of rotatable bonds is 2. The SMILES string of the molecule is CO[C@@H]1O[C@H](CO)[C@H]2C[C@@H](O)C[C@@H]1N2. The largest absolute Gasteiger partial charge is 0.394 e. The van der Waals surface area contributed by atoms with Gasteiger partial charge >= 0.3 is 0 Å². The monoisotopic (exact) mass is 203 g/mol. The Hall–Kier alpha value is -0.200. The molecule has 2 saturated heterocycles. The molecule has 3 N–H and O–H groups in total. The summed E-state index contributed by atoms with van der Waals surface area (Å²) in [5, 5.41) is 22.0. The van der Waals surface area contributed by atoms with E-state index in [4.69, 9.17) is 14.6 Å². The molecule has 0 aliphatic carbocycles. The summed E-state index contributed by atoms with van der Waals surface area (Å²) in [6.45, 7) is -0.0447. The highest BCUT2D eigenvalue weighted by Crippen LogP contribution is 2.26. The first-order chi connectivity index (χ1) is 6.74. The van der Waals surface area contributed by atoms with E-state index in [1.807, 2.05) is 0 Å². The summed E-state index contributed by atoms with van der Waals surface area (Å²) in [5.41, 5.74) is 0. The molecule has 14 heavy (non-hydrogen) atoms. The molecular formula is C9H17NO4. The first-order valence-corrected chi connectivity index (χ1v) is 4.98. The van der Waals surface area contributed by atoms with Crippen molar-refractivity contribution in [2.75, 3.05) is 13.7 Å². The second kappa shape index (κ2) is 4.12. The minimum atomic E-state index is -0.363. The van der Waals surface area contributed by atoms with Gasteiger partial charge in [-0.05, 0) is 12.8 Å². The lowest BCUT2D eigenvalue weighted by Gasteiger charge is -2.46. The van der Waals surface area contributed by atoms with Crippen LogP contribution in [0.15, 0.2) is 0 Å². The highest BCUT2D eigenvalue weighted by molar-refractivity contribution is 4.95. The maximum Gasteiger partial charge on any atom is 0.173 e. The van der Waals surface area contributed by atoms with E-state index in [0.717, 1.165) is 0 Å². The molecular weight excluding hydrogens is 186 g/mol. The molecule has 0 amide bonds. The van der Waals surface area contributed by atoms with E-state index in [2.05, 4.69) is 5.32 Å². The van der Waals surface area contributed by atoms with Crippen molar-refractivity contribution in [3.8, 4) is 0 Å². The predicted octanol–water partition coefficient (Wildman–Crippen LogP) is -1.17. The van der Waals surface area contributed by atoms with Crippen LogP contribution in [0.1, 0.15) is 12.8 Å². The fraction of sp³-hybridized carbons (Fsp3) is 1.00. The summed E-state index contributed by atoms with van der Waals surface area (Å²) in [4.78, 5) is 0. The van der Waals surface area contributed by atoms with Crippen LogP contribution in [0.2, 0.25) is 0 Å². The molecule has 0 aromatic carbocycles. The Morgan fingerprint density at radius 2 is 2.14 bits per heavy atom. The Kier molecular flexibility index (Phi) is 3.04. The second-order valence-electron chi connectivity index (χ2n) is 3.97. The molecule has 0 unspecified atom stereocenters. The maximum absolute atomic E-state index is 9.61. The molecule has 82 valence electrons. The van der Waals surface area contributed by atoms with E-state index in [1.165, 1.54) is 0 Å². The minimum absolute atomic E-state index is 0.0385. The van der Waals surface area contributed by atoms with Gasteiger partial charge in [0, 0.05) is 13.2 Å². The minimum Gasteiger partial charge on any atom is -0.394 e. The molecule has 0 radical (unpaired) electrons. The normalized spacial score (nSPS) is 47.8. The quantitative estimate of drug-likeness (QED) is 0.527. The predicted molar refractivity (Wildman–Crippen MR) is 48.7 cm³/mol. The Morgan fingerprint density at radius 1 is 1.43 bits per heavy atom. The summed E-state index contributed by atoms with van der Waals surface area (Å²) in [6.07, 6.45) is 0.331. The van der Waals surface area contributed by atoms with Crippen LogP contribution < -0.4 is 5.32 Å². The molecule has 0 aromatic rings. The van der Waals surface area contributed by atoms with Crippen LogP contribution in [-0.4, -0.2) is 54.5 Å². The van der Waals surface area contributed by atoms with E-state index in [1.54, 1.807) is 7.11 Å². The molecule has 2 aliphatic heterocycles. The van der Waals surface area contributed by atoms with E-state index in [9.17, 15) is 5.11 Å². The van der Waals surface area contributed by atoms with E-state index in [0.29, 0.717) is 12.8 Å². The Balaban J connectivity index is 2.07. The summed E-state index contributed by atoms with van der Waals surface area (Å²) in [5.74, 6) is 0. The molecule has 2 aliphatic rings. The number of piperidine rings is 1. The van der Waals surface area contributed by atoms with Crippen molar-refractivity contribution in [2.24, 2.45) is 0 Å². The zero-order valence-corrected chi connectivity index (χ0v) is 8.22. The van der Waals surface area contributed by atoms with Crippen LogP contribution >= 0.6 is 0 Å². The van der Waals surface area contributed by atoms with Crippen molar-refractivity contribution in [1.29, 1.82) is 0 Å². The highest BCUT2D eigenvalue weighted by atomic mass is 16.7. The Labute approximate surface area is 83.0 Å². The lowest BCUT2D eigenvalue weighted by Crippen LogP contribution is -2.64. The number of hydrogen-bond acceptors (Lipinski definition) is 5. The van der Waals surface area contributed by atoms with E-state index in [-0.39, 0.29) is 37.2 Å². The third-order valence-electron chi connectivity index (χ3n) is 2.98. The number of morpholine rings is 1. The summed E-state index contributed by atoms with van der Waals surface area (Å²) in [7, 11) is 1.57. The average Bonchev–Trinajstić information content (AvgIpc) is 2.18. The van der Waals surface area contributed by atoms with Crippen molar-refractivity contribution in [1.82, 2.24) is 5.32 Å². The van der Waals surface area contributed by atoms with Gasteiger partial charge in [-0.15, -0.1) is 0 Å². The number of nitrogens with one attached hydrogen (secondary N) is 1. The third-order valence-corrected chi connectivity index (χ3v) is 2.98.